The van der Waals surface area contributed by atoms with Crippen molar-refractivity contribution < 1.29 is 29.2 Å². The highest BCUT2D eigenvalue weighted by Gasteiger charge is 2.04. The molecule has 1 atom stereocenters. The second kappa shape index (κ2) is 19.1. The van der Waals surface area contributed by atoms with Gasteiger partial charge in [-0.3, -0.25) is 0 Å². The van der Waals surface area contributed by atoms with Crippen molar-refractivity contribution in [1.82, 2.24) is 0 Å². The van der Waals surface area contributed by atoms with Crippen LogP contribution in [0.5, 0.6) is 0 Å². The first-order valence-electron chi connectivity index (χ1n) is 9.26. The van der Waals surface area contributed by atoms with Gasteiger partial charge in [-0.1, -0.05) is 39.5 Å². The van der Waals surface area contributed by atoms with Gasteiger partial charge in [0.1, 0.15) is 0 Å². The van der Waals surface area contributed by atoms with Crippen LogP contribution < -0.4 is 0 Å². The molecule has 0 spiro atoms. The summed E-state index contributed by atoms with van der Waals surface area (Å²) in [5.41, 5.74) is 0. The third kappa shape index (κ3) is 19.8. The Morgan fingerprint density at radius 2 is 1.17 bits per heavy atom. The molecular weight excluding hydrogens is 312 g/mol. The van der Waals surface area contributed by atoms with Crippen LogP contribution in [0, 0.1) is 5.92 Å². The number of aliphatic hydroxyl groups is 2. The molecule has 0 fully saturated rings. The maximum absolute atomic E-state index is 9.81. The Labute approximate surface area is 147 Å². The smallest absolute Gasteiger partial charge is 0.0773 e. The van der Waals surface area contributed by atoms with Gasteiger partial charge >= 0.3 is 0 Å². The Kier molecular flexibility index (Phi) is 18.9. The SMILES string of the molecule is CC(C)CCCCCC(O)COCCOCCOCCOCCO. The molecule has 1 unspecified atom stereocenters. The van der Waals surface area contributed by atoms with E-state index in [9.17, 15) is 5.11 Å². The zero-order valence-electron chi connectivity index (χ0n) is 15.6. The zero-order valence-corrected chi connectivity index (χ0v) is 15.6. The lowest BCUT2D eigenvalue weighted by atomic mass is 10.0. The normalized spacial score (nSPS) is 12.9. The van der Waals surface area contributed by atoms with E-state index in [0.717, 1.165) is 18.8 Å². The maximum Gasteiger partial charge on any atom is 0.0773 e. The molecule has 0 heterocycles. The van der Waals surface area contributed by atoms with Gasteiger partial charge in [-0.25, -0.2) is 0 Å². The summed E-state index contributed by atoms with van der Waals surface area (Å²) in [6, 6.07) is 0. The summed E-state index contributed by atoms with van der Waals surface area (Å²) >= 11 is 0. The van der Waals surface area contributed by atoms with Gasteiger partial charge in [0, 0.05) is 0 Å². The number of unbranched alkanes of at least 4 members (excludes halogenated alkanes) is 2. The van der Waals surface area contributed by atoms with Crippen molar-refractivity contribution in [3.8, 4) is 0 Å². The van der Waals surface area contributed by atoms with Crippen molar-refractivity contribution in [2.75, 3.05) is 59.5 Å². The largest absolute Gasteiger partial charge is 0.394 e. The van der Waals surface area contributed by atoms with E-state index in [1.54, 1.807) is 0 Å². The standard InChI is InChI=1S/C18H38O6/c1-17(2)6-4-3-5-7-18(20)16-24-15-14-23-13-12-22-11-10-21-9-8-19/h17-20H,3-16H2,1-2H3. The first-order chi connectivity index (χ1) is 11.7. The number of hydrogen-bond acceptors (Lipinski definition) is 6. The molecule has 2 N–H and O–H groups in total. The molecule has 0 aromatic carbocycles. The topological polar surface area (TPSA) is 77.4 Å². The van der Waals surface area contributed by atoms with Crippen LogP contribution in [0.25, 0.3) is 0 Å². The van der Waals surface area contributed by atoms with Crippen molar-refractivity contribution in [2.24, 2.45) is 5.92 Å². The van der Waals surface area contributed by atoms with Crippen LogP contribution in [-0.4, -0.2) is 75.8 Å². The van der Waals surface area contributed by atoms with E-state index < -0.39 is 0 Å². The van der Waals surface area contributed by atoms with Gasteiger partial charge in [0.15, 0.2) is 0 Å². The van der Waals surface area contributed by atoms with E-state index in [4.69, 9.17) is 24.1 Å². The second-order valence-electron chi connectivity index (χ2n) is 6.32. The maximum atomic E-state index is 9.81. The Morgan fingerprint density at radius 1 is 0.667 bits per heavy atom. The van der Waals surface area contributed by atoms with Gasteiger partial charge in [-0.05, 0) is 12.3 Å². The highest BCUT2D eigenvalue weighted by Crippen LogP contribution is 2.10. The van der Waals surface area contributed by atoms with Crippen LogP contribution in [-0.2, 0) is 18.9 Å². The molecule has 24 heavy (non-hydrogen) atoms. The molecule has 0 bridgehead atoms. The second-order valence-corrected chi connectivity index (χ2v) is 6.32. The molecule has 6 heteroatoms. The van der Waals surface area contributed by atoms with Crippen molar-refractivity contribution in [2.45, 2.75) is 52.1 Å². The van der Waals surface area contributed by atoms with Crippen LogP contribution in [0.4, 0.5) is 0 Å². The Morgan fingerprint density at radius 3 is 1.71 bits per heavy atom. The van der Waals surface area contributed by atoms with E-state index in [0.29, 0.717) is 52.9 Å². The quantitative estimate of drug-likeness (QED) is 0.347. The molecule has 146 valence electrons. The fraction of sp³-hybridized carbons (Fsp3) is 1.00. The molecular formula is C18H38O6. The lowest BCUT2D eigenvalue weighted by Gasteiger charge is -2.12. The number of ether oxygens (including phenoxy) is 4. The van der Waals surface area contributed by atoms with E-state index in [-0.39, 0.29) is 12.7 Å². The third-order valence-corrected chi connectivity index (χ3v) is 3.48. The van der Waals surface area contributed by atoms with Crippen LogP contribution in [0.15, 0.2) is 0 Å². The Balaban J connectivity index is 3.12. The van der Waals surface area contributed by atoms with Crippen molar-refractivity contribution in [3.05, 3.63) is 0 Å². The summed E-state index contributed by atoms with van der Waals surface area (Å²) in [7, 11) is 0. The summed E-state index contributed by atoms with van der Waals surface area (Å²) < 4.78 is 21.1. The molecule has 0 radical (unpaired) electrons. The summed E-state index contributed by atoms with van der Waals surface area (Å²) in [6.07, 6.45) is 5.20. The van der Waals surface area contributed by atoms with Crippen molar-refractivity contribution in [1.29, 1.82) is 0 Å². The molecule has 0 aromatic rings. The first-order valence-corrected chi connectivity index (χ1v) is 9.26. The minimum Gasteiger partial charge on any atom is -0.394 e. The predicted octanol–water partition coefficient (Wildman–Crippen LogP) is 2.01. The molecule has 0 amide bonds. The van der Waals surface area contributed by atoms with Gasteiger partial charge < -0.3 is 29.2 Å². The highest BCUT2D eigenvalue weighted by molar-refractivity contribution is 4.55. The number of rotatable bonds is 19. The number of hydrogen-bond donors (Lipinski definition) is 2. The van der Waals surface area contributed by atoms with E-state index in [1.165, 1.54) is 19.3 Å². The minimum absolute atomic E-state index is 0.0376. The van der Waals surface area contributed by atoms with Crippen molar-refractivity contribution in [3.63, 3.8) is 0 Å². The molecule has 0 aromatic heterocycles. The molecule has 0 aliphatic carbocycles. The zero-order chi connectivity index (χ0) is 17.9. The van der Waals surface area contributed by atoms with Crippen LogP contribution in [0.1, 0.15) is 46.0 Å². The summed E-state index contributed by atoms with van der Waals surface area (Å²) in [6.45, 7) is 8.26. The van der Waals surface area contributed by atoms with Crippen LogP contribution in [0.2, 0.25) is 0 Å². The van der Waals surface area contributed by atoms with Gasteiger partial charge in [-0.15, -0.1) is 0 Å². The Bertz CT molecular complexity index is 238. The summed E-state index contributed by atoms with van der Waals surface area (Å²) in [5, 5.41) is 18.3. The van der Waals surface area contributed by atoms with Crippen LogP contribution in [0.3, 0.4) is 0 Å². The van der Waals surface area contributed by atoms with Gasteiger partial charge in [0.25, 0.3) is 0 Å². The lowest BCUT2D eigenvalue weighted by molar-refractivity contribution is -0.0197. The lowest BCUT2D eigenvalue weighted by Crippen LogP contribution is -2.18. The van der Waals surface area contributed by atoms with E-state index >= 15 is 0 Å². The Hall–Kier alpha value is -0.240. The van der Waals surface area contributed by atoms with E-state index in [1.807, 2.05) is 0 Å². The number of aliphatic hydroxyl groups excluding tert-OH is 2. The van der Waals surface area contributed by atoms with Gasteiger partial charge in [0.2, 0.25) is 0 Å². The molecule has 0 saturated carbocycles. The molecule has 0 aliphatic rings. The van der Waals surface area contributed by atoms with E-state index in [2.05, 4.69) is 13.8 Å². The predicted molar refractivity (Wildman–Crippen MR) is 94.3 cm³/mol. The van der Waals surface area contributed by atoms with Gasteiger partial charge in [0.05, 0.1) is 65.6 Å². The van der Waals surface area contributed by atoms with Crippen LogP contribution >= 0.6 is 0 Å². The third-order valence-electron chi connectivity index (χ3n) is 3.48. The fourth-order valence-corrected chi connectivity index (χ4v) is 2.14. The minimum atomic E-state index is -0.369. The molecule has 0 saturated heterocycles. The fourth-order valence-electron chi connectivity index (χ4n) is 2.14. The molecule has 0 rings (SSSR count). The molecule has 6 nitrogen and oxygen atoms in total. The average Bonchev–Trinajstić information content (AvgIpc) is 2.55. The first kappa shape index (κ1) is 23.8. The monoisotopic (exact) mass is 350 g/mol. The molecule has 0 aliphatic heterocycles. The average molecular weight is 350 g/mol. The highest BCUT2D eigenvalue weighted by atomic mass is 16.6. The van der Waals surface area contributed by atoms with Gasteiger partial charge in [-0.2, -0.15) is 0 Å². The summed E-state index contributed by atoms with van der Waals surface area (Å²) in [4.78, 5) is 0. The summed E-state index contributed by atoms with van der Waals surface area (Å²) in [5.74, 6) is 0.767. The van der Waals surface area contributed by atoms with Crippen molar-refractivity contribution >= 4 is 0 Å².